The molecule has 2 amide bonds. The van der Waals surface area contributed by atoms with Gasteiger partial charge in [-0.1, -0.05) is 6.07 Å². The van der Waals surface area contributed by atoms with Crippen molar-refractivity contribution >= 4 is 17.9 Å². The van der Waals surface area contributed by atoms with E-state index in [9.17, 15) is 9.59 Å². The van der Waals surface area contributed by atoms with Crippen molar-refractivity contribution in [1.82, 2.24) is 5.32 Å². The van der Waals surface area contributed by atoms with Crippen LogP contribution < -0.4 is 20.5 Å². The van der Waals surface area contributed by atoms with Crippen LogP contribution in [0.2, 0.25) is 0 Å². The molecule has 1 aromatic rings. The third-order valence-electron chi connectivity index (χ3n) is 2.48. The molecule has 0 aliphatic rings. The third kappa shape index (κ3) is 6.30. The molecule has 0 aliphatic heterocycles. The number of hydrogen-bond donors (Lipinski definition) is 2. The number of rotatable bonds is 6. The average molecular weight is 306 g/mol. The second kappa shape index (κ2) is 7.49. The fourth-order valence-electron chi connectivity index (χ4n) is 1.64. The number of amides is 2. The summed E-state index contributed by atoms with van der Waals surface area (Å²) < 4.78 is 10.4. The zero-order chi connectivity index (χ0) is 16.8. The Labute approximate surface area is 130 Å². The van der Waals surface area contributed by atoms with Gasteiger partial charge < -0.3 is 20.5 Å². The van der Waals surface area contributed by atoms with Gasteiger partial charge in [0.15, 0.2) is 18.1 Å². The third-order valence-corrected chi connectivity index (χ3v) is 2.48. The van der Waals surface area contributed by atoms with Crippen molar-refractivity contribution < 1.29 is 19.1 Å². The summed E-state index contributed by atoms with van der Waals surface area (Å²) >= 11 is 0. The Morgan fingerprint density at radius 2 is 1.95 bits per heavy atom. The lowest BCUT2D eigenvalue weighted by Gasteiger charge is -2.19. The van der Waals surface area contributed by atoms with Crippen LogP contribution in [0.25, 0.3) is 6.08 Å². The van der Waals surface area contributed by atoms with Crippen LogP contribution in [0.15, 0.2) is 24.3 Å². The fraction of sp³-hybridized carbons (Fsp3) is 0.375. The first-order valence-corrected chi connectivity index (χ1v) is 6.80. The Morgan fingerprint density at radius 3 is 2.50 bits per heavy atom. The van der Waals surface area contributed by atoms with Crippen molar-refractivity contribution in [2.24, 2.45) is 5.73 Å². The second-order valence-corrected chi connectivity index (χ2v) is 5.74. The van der Waals surface area contributed by atoms with E-state index in [1.54, 1.807) is 24.3 Å². The Morgan fingerprint density at radius 1 is 1.27 bits per heavy atom. The molecule has 0 aliphatic carbocycles. The molecule has 0 heterocycles. The number of benzene rings is 1. The van der Waals surface area contributed by atoms with Gasteiger partial charge in [0.1, 0.15) is 0 Å². The van der Waals surface area contributed by atoms with E-state index in [1.165, 1.54) is 13.2 Å². The van der Waals surface area contributed by atoms with E-state index >= 15 is 0 Å². The molecule has 6 nitrogen and oxygen atoms in total. The topological polar surface area (TPSA) is 90.7 Å². The van der Waals surface area contributed by atoms with E-state index in [-0.39, 0.29) is 18.1 Å². The number of ether oxygens (including phenoxy) is 2. The van der Waals surface area contributed by atoms with Gasteiger partial charge in [-0.3, -0.25) is 9.59 Å². The summed E-state index contributed by atoms with van der Waals surface area (Å²) in [6.07, 6.45) is 3.12. The van der Waals surface area contributed by atoms with E-state index < -0.39 is 5.91 Å². The van der Waals surface area contributed by atoms with Gasteiger partial charge in [-0.05, 0) is 44.5 Å². The first-order valence-electron chi connectivity index (χ1n) is 6.80. The highest BCUT2D eigenvalue weighted by Gasteiger charge is 2.11. The van der Waals surface area contributed by atoms with Crippen molar-refractivity contribution in [3.8, 4) is 11.5 Å². The molecule has 0 radical (unpaired) electrons. The van der Waals surface area contributed by atoms with E-state index in [0.29, 0.717) is 11.5 Å². The van der Waals surface area contributed by atoms with E-state index in [2.05, 4.69) is 5.32 Å². The number of primary amides is 1. The number of methoxy groups -OCH3 is 1. The SMILES string of the molecule is COc1cc(/C=C/C(=O)NC(C)(C)C)ccc1OCC(N)=O. The van der Waals surface area contributed by atoms with E-state index in [4.69, 9.17) is 15.2 Å². The van der Waals surface area contributed by atoms with Gasteiger partial charge in [0, 0.05) is 11.6 Å². The number of carbonyl (C=O) groups is 2. The lowest BCUT2D eigenvalue weighted by molar-refractivity contribution is -0.120. The Kier molecular flexibility index (Phi) is 5.98. The number of carbonyl (C=O) groups excluding carboxylic acids is 2. The van der Waals surface area contributed by atoms with Crippen LogP contribution in [0.1, 0.15) is 26.3 Å². The predicted octanol–water partition coefficient (Wildman–Crippen LogP) is 1.49. The van der Waals surface area contributed by atoms with Crippen LogP contribution in [0.4, 0.5) is 0 Å². The molecule has 0 atom stereocenters. The van der Waals surface area contributed by atoms with Gasteiger partial charge in [0.05, 0.1) is 7.11 Å². The van der Waals surface area contributed by atoms with E-state index in [1.807, 2.05) is 20.8 Å². The monoisotopic (exact) mass is 306 g/mol. The molecule has 0 spiro atoms. The summed E-state index contributed by atoms with van der Waals surface area (Å²) in [5.74, 6) is 0.127. The molecule has 120 valence electrons. The van der Waals surface area contributed by atoms with Crippen molar-refractivity contribution in [2.45, 2.75) is 26.3 Å². The first kappa shape index (κ1) is 17.6. The molecular formula is C16H22N2O4. The minimum absolute atomic E-state index is 0.180. The van der Waals surface area contributed by atoms with Crippen LogP contribution in [0.5, 0.6) is 11.5 Å². The highest BCUT2D eigenvalue weighted by atomic mass is 16.5. The molecule has 3 N–H and O–H groups in total. The van der Waals surface area contributed by atoms with Crippen molar-refractivity contribution in [1.29, 1.82) is 0 Å². The molecule has 0 unspecified atom stereocenters. The molecule has 0 fully saturated rings. The maximum Gasteiger partial charge on any atom is 0.255 e. The molecule has 22 heavy (non-hydrogen) atoms. The minimum Gasteiger partial charge on any atom is -0.493 e. The molecular weight excluding hydrogens is 284 g/mol. The summed E-state index contributed by atoms with van der Waals surface area (Å²) in [6.45, 7) is 5.51. The standard InChI is InChI=1S/C16H22N2O4/c1-16(2,3)18-15(20)8-6-11-5-7-12(13(9-11)21-4)22-10-14(17)19/h5-9H,10H2,1-4H3,(H2,17,19)(H,18,20)/b8-6+. The molecule has 0 bridgehead atoms. The Bertz CT molecular complexity index is 574. The highest BCUT2D eigenvalue weighted by Crippen LogP contribution is 2.28. The van der Waals surface area contributed by atoms with Crippen LogP contribution in [0, 0.1) is 0 Å². The van der Waals surface area contributed by atoms with Crippen LogP contribution >= 0.6 is 0 Å². The van der Waals surface area contributed by atoms with Crippen molar-refractivity contribution in [2.75, 3.05) is 13.7 Å². The van der Waals surface area contributed by atoms with Gasteiger partial charge in [-0.15, -0.1) is 0 Å². The van der Waals surface area contributed by atoms with Gasteiger partial charge in [0.2, 0.25) is 5.91 Å². The van der Waals surface area contributed by atoms with Crippen LogP contribution in [-0.4, -0.2) is 31.1 Å². The normalized spacial score (nSPS) is 11.3. The summed E-state index contributed by atoms with van der Waals surface area (Å²) in [5, 5.41) is 2.83. The maximum atomic E-state index is 11.7. The smallest absolute Gasteiger partial charge is 0.255 e. The lowest BCUT2D eigenvalue weighted by atomic mass is 10.1. The number of hydrogen-bond acceptors (Lipinski definition) is 4. The second-order valence-electron chi connectivity index (χ2n) is 5.74. The summed E-state index contributed by atoms with van der Waals surface area (Å²) in [5.41, 5.74) is 5.52. The van der Waals surface area contributed by atoms with E-state index in [0.717, 1.165) is 5.56 Å². The van der Waals surface area contributed by atoms with Crippen molar-refractivity contribution in [3.05, 3.63) is 29.8 Å². The van der Waals surface area contributed by atoms with Crippen LogP contribution in [-0.2, 0) is 9.59 Å². The highest BCUT2D eigenvalue weighted by molar-refractivity contribution is 5.92. The number of nitrogens with two attached hydrogens (primary N) is 1. The summed E-state index contributed by atoms with van der Waals surface area (Å²) in [6, 6.07) is 5.11. The molecule has 1 aromatic carbocycles. The largest absolute Gasteiger partial charge is 0.493 e. The lowest BCUT2D eigenvalue weighted by Crippen LogP contribution is -2.39. The van der Waals surface area contributed by atoms with Gasteiger partial charge >= 0.3 is 0 Å². The van der Waals surface area contributed by atoms with Crippen molar-refractivity contribution in [3.63, 3.8) is 0 Å². The first-order chi connectivity index (χ1) is 10.2. The molecule has 0 aromatic heterocycles. The molecule has 6 heteroatoms. The fourth-order valence-corrected chi connectivity index (χ4v) is 1.64. The predicted molar refractivity (Wildman–Crippen MR) is 84.6 cm³/mol. The van der Waals surface area contributed by atoms with Gasteiger partial charge in [0.25, 0.3) is 5.91 Å². The summed E-state index contributed by atoms with van der Waals surface area (Å²) in [7, 11) is 1.49. The summed E-state index contributed by atoms with van der Waals surface area (Å²) in [4.78, 5) is 22.5. The van der Waals surface area contributed by atoms with Gasteiger partial charge in [-0.25, -0.2) is 0 Å². The van der Waals surface area contributed by atoms with Gasteiger partial charge in [-0.2, -0.15) is 0 Å². The molecule has 1 rings (SSSR count). The average Bonchev–Trinajstić information content (AvgIpc) is 2.41. The minimum atomic E-state index is -0.565. The molecule has 0 saturated heterocycles. The Balaban J connectivity index is 2.80. The maximum absolute atomic E-state index is 11.7. The zero-order valence-electron chi connectivity index (χ0n) is 13.3. The Hall–Kier alpha value is -2.50. The van der Waals surface area contributed by atoms with Crippen LogP contribution in [0.3, 0.4) is 0 Å². The number of nitrogens with one attached hydrogen (secondary N) is 1. The molecule has 0 saturated carbocycles. The quantitative estimate of drug-likeness (QED) is 0.779. The zero-order valence-corrected chi connectivity index (χ0v) is 13.3.